The number of alkyl halides is 3. The molecule has 4 rings (SSSR count). The number of hydrogen-bond acceptors (Lipinski definition) is 6. The van der Waals surface area contributed by atoms with Crippen molar-refractivity contribution in [3.63, 3.8) is 0 Å². The van der Waals surface area contributed by atoms with Crippen molar-refractivity contribution >= 4 is 34.5 Å². The highest BCUT2D eigenvalue weighted by Crippen LogP contribution is 2.42. The van der Waals surface area contributed by atoms with Gasteiger partial charge in [-0.15, -0.1) is 0 Å². The number of benzene rings is 2. The maximum atomic E-state index is 13.4. The molecule has 8 nitrogen and oxygen atoms in total. The average molecular weight is 676 g/mol. The Hall–Kier alpha value is -2.74. The van der Waals surface area contributed by atoms with Crippen LogP contribution in [0.2, 0.25) is 0 Å². The highest BCUT2D eigenvalue weighted by molar-refractivity contribution is 14.1. The first kappa shape index (κ1) is 30.2. The van der Waals surface area contributed by atoms with Gasteiger partial charge in [0.1, 0.15) is 11.3 Å². The van der Waals surface area contributed by atoms with Crippen molar-refractivity contribution in [3.05, 3.63) is 50.6 Å². The van der Waals surface area contributed by atoms with Crippen molar-refractivity contribution < 1.29 is 42.1 Å². The predicted octanol–water partition coefficient (Wildman–Crippen LogP) is 5.76. The van der Waals surface area contributed by atoms with Gasteiger partial charge in [0.15, 0.2) is 17.1 Å². The van der Waals surface area contributed by atoms with Crippen LogP contribution in [0.4, 0.5) is 18.0 Å². The molecule has 0 saturated carbocycles. The summed E-state index contributed by atoms with van der Waals surface area (Å²) in [5.74, 6) is 1.25. The number of imide groups is 1. The fraction of sp³-hybridized carbons (Fsp3) is 0.500. The van der Waals surface area contributed by atoms with E-state index < -0.39 is 23.3 Å². The number of hydrogen-bond donors (Lipinski definition) is 2. The minimum atomic E-state index is -4.82. The van der Waals surface area contributed by atoms with Crippen molar-refractivity contribution in [3.8, 4) is 17.2 Å². The summed E-state index contributed by atoms with van der Waals surface area (Å²) in [6.45, 7) is 5.01. The standard InChI is InChI=1S/C28H32F3IN2O6/c1-4-8-17-13-19(26(3,37)28(29,30)31)14-20(32)23(17)38-12-7-6-11-34-24(35)27(5-2,33-25(34)36)18-9-10-21-22(15-18)40-16-39-21/h9-10,13-15,37H,4-8,11-12,16H2,1-3H3,(H,33,36). The number of ether oxygens (including phenoxy) is 3. The third kappa shape index (κ3) is 5.56. The molecule has 2 unspecified atom stereocenters. The molecular weight excluding hydrogens is 644 g/mol. The van der Waals surface area contributed by atoms with Crippen molar-refractivity contribution in [1.82, 2.24) is 10.2 Å². The molecule has 0 radical (unpaired) electrons. The summed E-state index contributed by atoms with van der Waals surface area (Å²) >= 11 is 1.91. The molecule has 218 valence electrons. The molecule has 1 saturated heterocycles. The highest BCUT2D eigenvalue weighted by Gasteiger charge is 2.52. The number of carbonyl (C=O) groups excluding carboxylic acids is 2. The maximum absolute atomic E-state index is 13.4. The summed E-state index contributed by atoms with van der Waals surface area (Å²) in [7, 11) is 0. The minimum absolute atomic E-state index is 0.101. The lowest BCUT2D eigenvalue weighted by molar-refractivity contribution is -0.258. The quantitative estimate of drug-likeness (QED) is 0.179. The Labute approximate surface area is 244 Å². The van der Waals surface area contributed by atoms with Gasteiger partial charge in [-0.05, 0) is 96.2 Å². The number of fused-ring (bicyclic) bond motifs is 1. The molecule has 0 spiro atoms. The number of halogens is 4. The van der Waals surface area contributed by atoms with Gasteiger partial charge in [-0.1, -0.05) is 26.3 Å². The molecule has 0 bridgehead atoms. The molecule has 2 aliphatic rings. The Balaban J connectivity index is 1.39. The average Bonchev–Trinajstić information content (AvgIpc) is 3.46. The lowest BCUT2D eigenvalue weighted by Gasteiger charge is -2.28. The molecule has 2 atom stereocenters. The number of nitrogens with zero attached hydrogens (tertiary/aromatic N) is 1. The number of aliphatic hydroxyl groups is 1. The van der Waals surface area contributed by atoms with Crippen LogP contribution in [0.25, 0.3) is 0 Å². The molecule has 2 heterocycles. The fourth-order valence-electron chi connectivity index (χ4n) is 4.89. The second-order valence-electron chi connectivity index (χ2n) is 10.0. The Morgan fingerprint density at radius 2 is 1.85 bits per heavy atom. The number of unbranched alkanes of at least 4 members (excludes halogenated alkanes) is 1. The van der Waals surface area contributed by atoms with Crippen LogP contribution in [0.15, 0.2) is 30.3 Å². The molecule has 2 N–H and O–H groups in total. The minimum Gasteiger partial charge on any atom is -0.492 e. The van der Waals surface area contributed by atoms with Gasteiger partial charge >= 0.3 is 12.2 Å². The number of carbonyl (C=O) groups is 2. The lowest BCUT2D eigenvalue weighted by Crippen LogP contribution is -2.43. The second-order valence-corrected chi connectivity index (χ2v) is 11.2. The first-order valence-electron chi connectivity index (χ1n) is 13.1. The Bertz CT molecular complexity index is 1290. The van der Waals surface area contributed by atoms with Crippen molar-refractivity contribution in [2.24, 2.45) is 0 Å². The molecule has 3 amide bonds. The van der Waals surface area contributed by atoms with Gasteiger partial charge in [-0.25, -0.2) is 4.79 Å². The van der Waals surface area contributed by atoms with Gasteiger partial charge in [0.25, 0.3) is 5.91 Å². The molecule has 2 aliphatic heterocycles. The summed E-state index contributed by atoms with van der Waals surface area (Å²) in [4.78, 5) is 27.4. The first-order valence-corrected chi connectivity index (χ1v) is 14.2. The van der Waals surface area contributed by atoms with E-state index in [2.05, 4.69) is 5.32 Å². The molecule has 1 fully saturated rings. The van der Waals surface area contributed by atoms with Gasteiger partial charge < -0.3 is 24.6 Å². The van der Waals surface area contributed by atoms with E-state index in [0.29, 0.717) is 64.0 Å². The van der Waals surface area contributed by atoms with Crippen LogP contribution in [0.3, 0.4) is 0 Å². The highest BCUT2D eigenvalue weighted by atomic mass is 127. The van der Waals surface area contributed by atoms with E-state index in [1.165, 1.54) is 17.0 Å². The van der Waals surface area contributed by atoms with Crippen LogP contribution in [0, 0.1) is 3.57 Å². The summed E-state index contributed by atoms with van der Waals surface area (Å²) in [5.41, 5.74) is -3.21. The molecule has 2 aromatic rings. The molecule has 2 aromatic carbocycles. The van der Waals surface area contributed by atoms with E-state index in [1.807, 2.05) is 36.4 Å². The zero-order valence-electron chi connectivity index (χ0n) is 22.5. The Kier molecular flexibility index (Phi) is 8.79. The third-order valence-corrected chi connectivity index (χ3v) is 8.15. The summed E-state index contributed by atoms with van der Waals surface area (Å²) in [5, 5.41) is 13.0. The van der Waals surface area contributed by atoms with Crippen molar-refractivity contribution in [2.75, 3.05) is 19.9 Å². The Morgan fingerprint density at radius 1 is 1.12 bits per heavy atom. The number of nitrogens with one attached hydrogen (secondary N) is 1. The topological polar surface area (TPSA) is 97.3 Å². The van der Waals surface area contributed by atoms with E-state index in [9.17, 15) is 27.9 Å². The zero-order chi connectivity index (χ0) is 29.3. The number of aryl methyl sites for hydroxylation is 1. The van der Waals surface area contributed by atoms with Gasteiger partial charge in [-0.2, -0.15) is 13.2 Å². The van der Waals surface area contributed by atoms with E-state index >= 15 is 0 Å². The molecule has 0 aromatic heterocycles. The van der Waals surface area contributed by atoms with Gasteiger partial charge in [0, 0.05) is 6.54 Å². The van der Waals surface area contributed by atoms with Crippen molar-refractivity contribution in [1.29, 1.82) is 0 Å². The SMILES string of the molecule is CCCc1cc(C(C)(O)C(F)(F)F)cc(I)c1OCCCCN1C(=O)NC(CC)(c2ccc3c(c2)OCO3)C1=O. The van der Waals surface area contributed by atoms with Crippen LogP contribution in [0.1, 0.15) is 63.1 Å². The van der Waals surface area contributed by atoms with Crippen LogP contribution >= 0.6 is 22.6 Å². The summed E-state index contributed by atoms with van der Waals surface area (Å²) in [6.07, 6.45) is -2.33. The van der Waals surface area contributed by atoms with Crippen LogP contribution in [-0.2, 0) is 22.4 Å². The first-order chi connectivity index (χ1) is 18.9. The van der Waals surface area contributed by atoms with E-state index in [1.54, 1.807) is 18.2 Å². The van der Waals surface area contributed by atoms with E-state index in [-0.39, 0.29) is 31.4 Å². The second kappa shape index (κ2) is 11.6. The molecule has 12 heteroatoms. The van der Waals surface area contributed by atoms with Crippen LogP contribution in [-0.4, -0.2) is 48.1 Å². The third-order valence-electron chi connectivity index (χ3n) is 7.35. The predicted molar refractivity (Wildman–Crippen MR) is 148 cm³/mol. The largest absolute Gasteiger partial charge is 0.492 e. The number of amides is 3. The number of rotatable bonds is 11. The molecular formula is C28H32F3IN2O6. The summed E-state index contributed by atoms with van der Waals surface area (Å²) < 4.78 is 57.4. The van der Waals surface area contributed by atoms with Gasteiger partial charge in [0.05, 0.1) is 10.2 Å². The van der Waals surface area contributed by atoms with Gasteiger partial charge in [-0.3, -0.25) is 9.69 Å². The van der Waals surface area contributed by atoms with E-state index in [4.69, 9.17) is 14.2 Å². The van der Waals surface area contributed by atoms with Crippen LogP contribution < -0.4 is 19.5 Å². The fourth-order valence-corrected chi connectivity index (χ4v) is 5.73. The molecule has 40 heavy (non-hydrogen) atoms. The number of urea groups is 1. The Morgan fingerprint density at radius 3 is 2.52 bits per heavy atom. The van der Waals surface area contributed by atoms with Gasteiger partial charge in [0.2, 0.25) is 6.79 Å². The van der Waals surface area contributed by atoms with Crippen LogP contribution in [0.5, 0.6) is 17.2 Å². The summed E-state index contributed by atoms with van der Waals surface area (Å²) in [6, 6.07) is 7.35. The molecule has 0 aliphatic carbocycles. The zero-order valence-corrected chi connectivity index (χ0v) is 24.6. The lowest BCUT2D eigenvalue weighted by atomic mass is 9.87. The monoisotopic (exact) mass is 676 g/mol. The normalized spacial score (nSPS) is 20.1. The van der Waals surface area contributed by atoms with E-state index in [0.717, 1.165) is 6.92 Å². The smallest absolute Gasteiger partial charge is 0.421 e. The van der Waals surface area contributed by atoms with Crippen molar-refractivity contribution in [2.45, 2.75) is 70.2 Å². The maximum Gasteiger partial charge on any atom is 0.421 e.